The molecule has 1 saturated heterocycles. The summed E-state index contributed by atoms with van der Waals surface area (Å²) in [4.78, 5) is 49.8. The lowest BCUT2D eigenvalue weighted by molar-refractivity contribution is -0.268. The molecule has 0 radical (unpaired) electrons. The molecule has 3 amide bonds. The van der Waals surface area contributed by atoms with Crippen molar-refractivity contribution in [2.75, 3.05) is 13.1 Å². The first-order valence-corrected chi connectivity index (χ1v) is 9.94. The standard InChI is InChI=1S/C19H28F5N3O5/c1-10(2)13(26-16(31)32-17(3,4)5)15(30)27-8-6-7-11(27)14(29)25-9-12(28)18(20,21)19(22,23)24/h10-11,13H,6-9H2,1-5H3,(H,25,29)(H,26,31)/t11-,13-/m0/s1. The predicted molar refractivity (Wildman–Crippen MR) is 102 cm³/mol. The molecular weight excluding hydrogens is 445 g/mol. The molecule has 1 aliphatic heterocycles. The van der Waals surface area contributed by atoms with E-state index in [4.69, 9.17) is 4.74 Å². The highest BCUT2D eigenvalue weighted by Crippen LogP contribution is 2.35. The first-order valence-electron chi connectivity index (χ1n) is 9.94. The molecule has 0 aliphatic carbocycles. The van der Waals surface area contributed by atoms with Gasteiger partial charge < -0.3 is 20.3 Å². The summed E-state index contributed by atoms with van der Waals surface area (Å²) in [7, 11) is 0. The van der Waals surface area contributed by atoms with E-state index in [0.717, 1.165) is 4.90 Å². The van der Waals surface area contributed by atoms with Gasteiger partial charge in [0.2, 0.25) is 17.6 Å². The second-order valence-electron chi connectivity index (χ2n) is 8.77. The highest BCUT2D eigenvalue weighted by molar-refractivity contribution is 5.95. The number of alkyl carbamates (subject to hydrolysis) is 1. The van der Waals surface area contributed by atoms with E-state index >= 15 is 0 Å². The Kier molecular flexibility index (Phi) is 8.60. The number of hydrogen-bond acceptors (Lipinski definition) is 5. The maximum atomic E-state index is 13.0. The summed E-state index contributed by atoms with van der Waals surface area (Å²) in [6.07, 6.45) is -6.47. The smallest absolute Gasteiger partial charge is 0.444 e. The topological polar surface area (TPSA) is 105 Å². The number of alkyl halides is 5. The Morgan fingerprint density at radius 1 is 1.06 bits per heavy atom. The van der Waals surface area contributed by atoms with Crippen molar-refractivity contribution < 1.29 is 45.9 Å². The summed E-state index contributed by atoms with van der Waals surface area (Å²) < 4.78 is 68.0. The molecule has 0 unspecified atom stereocenters. The third kappa shape index (κ3) is 7.02. The van der Waals surface area contributed by atoms with E-state index in [1.165, 1.54) is 0 Å². The van der Waals surface area contributed by atoms with Crippen LogP contribution in [0.15, 0.2) is 0 Å². The van der Waals surface area contributed by atoms with E-state index in [1.807, 2.05) is 0 Å². The Hall–Kier alpha value is -2.47. The van der Waals surface area contributed by atoms with Crippen LogP contribution in [-0.2, 0) is 19.1 Å². The SMILES string of the molecule is CC(C)[C@H](NC(=O)OC(C)(C)C)C(=O)N1CCC[C@H]1C(=O)NCC(=O)C(F)(F)C(F)(F)F. The minimum atomic E-state index is -6.08. The van der Waals surface area contributed by atoms with Gasteiger partial charge in [-0.15, -0.1) is 0 Å². The summed E-state index contributed by atoms with van der Waals surface area (Å²) in [5.41, 5.74) is -0.824. The van der Waals surface area contributed by atoms with Crippen molar-refractivity contribution in [3.63, 3.8) is 0 Å². The van der Waals surface area contributed by atoms with Crippen molar-refractivity contribution in [2.24, 2.45) is 5.92 Å². The van der Waals surface area contributed by atoms with Gasteiger partial charge in [-0.25, -0.2) is 4.79 Å². The predicted octanol–water partition coefficient (Wildman–Crippen LogP) is 2.41. The number of amides is 3. The molecule has 8 nitrogen and oxygen atoms in total. The maximum Gasteiger partial charge on any atom is 0.461 e. The Morgan fingerprint density at radius 2 is 1.62 bits per heavy atom. The zero-order valence-corrected chi connectivity index (χ0v) is 18.4. The van der Waals surface area contributed by atoms with Crippen LogP contribution in [0.5, 0.6) is 0 Å². The number of ketones is 1. The number of likely N-dealkylation sites (tertiary alicyclic amines) is 1. The highest BCUT2D eigenvalue weighted by atomic mass is 19.4. The fraction of sp³-hybridized carbons (Fsp3) is 0.789. The Balaban J connectivity index is 2.85. The second-order valence-corrected chi connectivity index (χ2v) is 8.77. The van der Waals surface area contributed by atoms with Gasteiger partial charge in [-0.2, -0.15) is 22.0 Å². The van der Waals surface area contributed by atoms with Gasteiger partial charge in [-0.3, -0.25) is 14.4 Å². The van der Waals surface area contributed by atoms with Crippen LogP contribution < -0.4 is 10.6 Å². The lowest BCUT2D eigenvalue weighted by Gasteiger charge is -2.31. The summed E-state index contributed by atoms with van der Waals surface area (Å²) >= 11 is 0. The molecule has 2 N–H and O–H groups in total. The first-order chi connectivity index (χ1) is 14.4. The molecular formula is C19H28F5N3O5. The van der Waals surface area contributed by atoms with E-state index in [-0.39, 0.29) is 13.0 Å². The molecule has 1 fully saturated rings. The Bertz CT molecular complexity index is 734. The van der Waals surface area contributed by atoms with Crippen LogP contribution in [0.1, 0.15) is 47.5 Å². The number of nitrogens with one attached hydrogen (secondary N) is 2. The van der Waals surface area contributed by atoms with Gasteiger partial charge in [-0.05, 0) is 39.5 Å². The van der Waals surface area contributed by atoms with Crippen molar-refractivity contribution in [1.82, 2.24) is 15.5 Å². The van der Waals surface area contributed by atoms with Crippen LogP contribution in [0, 0.1) is 5.92 Å². The van der Waals surface area contributed by atoms with E-state index in [2.05, 4.69) is 5.32 Å². The molecule has 184 valence electrons. The molecule has 0 spiro atoms. The van der Waals surface area contributed by atoms with Gasteiger partial charge in [0.15, 0.2) is 0 Å². The van der Waals surface area contributed by atoms with Crippen LogP contribution in [0.3, 0.4) is 0 Å². The lowest BCUT2D eigenvalue weighted by Crippen LogP contribution is -2.56. The Labute approximate surface area is 182 Å². The molecule has 2 atom stereocenters. The second kappa shape index (κ2) is 9.99. The first kappa shape index (κ1) is 27.6. The Morgan fingerprint density at radius 3 is 2.09 bits per heavy atom. The summed E-state index contributed by atoms with van der Waals surface area (Å²) in [5, 5.41) is 4.19. The normalized spacial score (nSPS) is 18.3. The minimum Gasteiger partial charge on any atom is -0.444 e. The van der Waals surface area contributed by atoms with Gasteiger partial charge in [0.1, 0.15) is 17.7 Å². The average Bonchev–Trinajstić information content (AvgIpc) is 3.10. The lowest BCUT2D eigenvalue weighted by atomic mass is 10.0. The molecule has 0 bridgehead atoms. The van der Waals surface area contributed by atoms with Crippen LogP contribution >= 0.6 is 0 Å². The zero-order valence-electron chi connectivity index (χ0n) is 18.4. The summed E-state index contributed by atoms with van der Waals surface area (Å²) in [6.45, 7) is 6.72. The molecule has 0 aromatic carbocycles. The molecule has 13 heteroatoms. The van der Waals surface area contributed by atoms with Crippen LogP contribution in [0.4, 0.5) is 26.7 Å². The minimum absolute atomic E-state index is 0.1000. The van der Waals surface area contributed by atoms with Gasteiger partial charge in [0.25, 0.3) is 0 Å². The fourth-order valence-corrected chi connectivity index (χ4v) is 2.98. The molecule has 1 rings (SSSR count). The molecule has 0 aromatic heterocycles. The number of hydrogen-bond donors (Lipinski definition) is 2. The highest BCUT2D eigenvalue weighted by Gasteiger charge is 2.62. The molecule has 32 heavy (non-hydrogen) atoms. The fourth-order valence-electron chi connectivity index (χ4n) is 2.98. The van der Waals surface area contributed by atoms with Crippen molar-refractivity contribution in [1.29, 1.82) is 0 Å². The number of nitrogens with zero attached hydrogens (tertiary/aromatic N) is 1. The van der Waals surface area contributed by atoms with Crippen molar-refractivity contribution in [3.8, 4) is 0 Å². The summed E-state index contributed by atoms with van der Waals surface area (Å²) in [5.74, 6) is -10.2. The number of carbonyl (C=O) groups is 4. The largest absolute Gasteiger partial charge is 0.461 e. The van der Waals surface area contributed by atoms with Crippen molar-refractivity contribution in [3.05, 3.63) is 0 Å². The van der Waals surface area contributed by atoms with Gasteiger partial charge >= 0.3 is 18.2 Å². The van der Waals surface area contributed by atoms with Gasteiger partial charge in [0.05, 0.1) is 6.54 Å². The third-order valence-corrected chi connectivity index (χ3v) is 4.57. The van der Waals surface area contributed by atoms with Gasteiger partial charge in [-0.1, -0.05) is 13.8 Å². The number of carbonyl (C=O) groups excluding carboxylic acids is 4. The number of halogens is 5. The molecule has 0 aromatic rings. The molecule has 1 heterocycles. The quantitative estimate of drug-likeness (QED) is 0.553. The van der Waals surface area contributed by atoms with Crippen LogP contribution in [0.25, 0.3) is 0 Å². The maximum absolute atomic E-state index is 13.0. The van der Waals surface area contributed by atoms with Crippen molar-refractivity contribution in [2.45, 2.75) is 77.2 Å². The van der Waals surface area contributed by atoms with E-state index in [0.29, 0.717) is 6.42 Å². The molecule has 1 aliphatic rings. The van der Waals surface area contributed by atoms with Crippen LogP contribution in [-0.4, -0.2) is 71.5 Å². The van der Waals surface area contributed by atoms with Gasteiger partial charge in [0, 0.05) is 6.54 Å². The third-order valence-electron chi connectivity index (χ3n) is 4.57. The zero-order chi connectivity index (χ0) is 25.1. The van der Waals surface area contributed by atoms with Crippen molar-refractivity contribution >= 4 is 23.7 Å². The average molecular weight is 473 g/mol. The summed E-state index contributed by atoms with van der Waals surface area (Å²) in [6, 6.07) is -2.26. The van der Waals surface area contributed by atoms with E-state index in [9.17, 15) is 41.1 Å². The number of ether oxygens (including phenoxy) is 1. The van der Waals surface area contributed by atoms with E-state index in [1.54, 1.807) is 39.9 Å². The molecule has 0 saturated carbocycles. The monoisotopic (exact) mass is 473 g/mol. The van der Waals surface area contributed by atoms with Crippen LogP contribution in [0.2, 0.25) is 0 Å². The van der Waals surface area contributed by atoms with E-state index < -0.39 is 65.9 Å². The number of Topliss-reactive ketones (excluding diaryl/α,β-unsaturated/α-hetero) is 1. The number of rotatable bonds is 7.